The molecule has 1 heterocycles. The van der Waals surface area contributed by atoms with Gasteiger partial charge in [0.05, 0.1) is 0 Å². The van der Waals surface area contributed by atoms with Crippen molar-refractivity contribution in [2.75, 3.05) is 11.9 Å². The maximum Gasteiger partial charge on any atom is 0.313 e. The van der Waals surface area contributed by atoms with E-state index in [1.165, 1.54) is 29.2 Å². The van der Waals surface area contributed by atoms with Crippen molar-refractivity contribution in [1.82, 2.24) is 4.90 Å². The molecule has 1 fully saturated rings. The molecule has 0 unspecified atom stereocenters. The van der Waals surface area contributed by atoms with Crippen LogP contribution < -0.4 is 11.1 Å². The Morgan fingerprint density at radius 2 is 1.90 bits per heavy atom. The Labute approximate surface area is 115 Å². The number of carbonyl (C=O) groups excluding carboxylic acids is 3. The third-order valence-corrected chi connectivity index (χ3v) is 3.16. The minimum atomic E-state index is -0.830. The van der Waals surface area contributed by atoms with E-state index in [-0.39, 0.29) is 5.75 Å². The van der Waals surface area contributed by atoms with Crippen LogP contribution in [0.25, 0.3) is 0 Å². The largest absolute Gasteiger partial charge is 0.508 e. The lowest BCUT2D eigenvalue weighted by Crippen LogP contribution is -2.47. The molecule has 1 aliphatic heterocycles. The number of aromatic hydroxyl groups is 1. The number of phenols is 1. The van der Waals surface area contributed by atoms with Crippen molar-refractivity contribution in [3.05, 3.63) is 24.3 Å². The lowest BCUT2D eigenvalue weighted by atomic mass is 10.2. The molecule has 0 saturated carbocycles. The maximum atomic E-state index is 12.0. The number of phenolic OH excluding ortho intramolecular Hbond substituents is 1. The molecule has 1 aromatic carbocycles. The Morgan fingerprint density at radius 1 is 1.25 bits per heavy atom. The van der Waals surface area contributed by atoms with Crippen LogP contribution in [0, 0.1) is 0 Å². The van der Waals surface area contributed by atoms with Crippen molar-refractivity contribution >= 4 is 23.4 Å². The zero-order chi connectivity index (χ0) is 14.7. The van der Waals surface area contributed by atoms with E-state index in [0.29, 0.717) is 25.1 Å². The van der Waals surface area contributed by atoms with Crippen molar-refractivity contribution in [1.29, 1.82) is 0 Å². The van der Waals surface area contributed by atoms with E-state index in [1.807, 2.05) is 0 Å². The molecule has 7 nitrogen and oxygen atoms in total. The van der Waals surface area contributed by atoms with Crippen LogP contribution in [0.1, 0.15) is 12.8 Å². The smallest absolute Gasteiger partial charge is 0.313 e. The lowest BCUT2D eigenvalue weighted by Gasteiger charge is -2.21. The molecule has 1 saturated heterocycles. The van der Waals surface area contributed by atoms with Crippen molar-refractivity contribution in [2.45, 2.75) is 18.9 Å². The number of rotatable bonds is 2. The third-order valence-electron chi connectivity index (χ3n) is 3.16. The molecule has 20 heavy (non-hydrogen) atoms. The van der Waals surface area contributed by atoms with Gasteiger partial charge in [0.25, 0.3) is 0 Å². The minimum Gasteiger partial charge on any atom is -0.508 e. The molecule has 106 valence electrons. The predicted molar refractivity (Wildman–Crippen MR) is 70.7 cm³/mol. The van der Waals surface area contributed by atoms with Crippen LogP contribution in [0.15, 0.2) is 24.3 Å². The molecule has 0 aromatic heterocycles. The molecule has 0 spiro atoms. The number of hydrogen-bond donors (Lipinski definition) is 3. The summed E-state index contributed by atoms with van der Waals surface area (Å²) in [4.78, 5) is 36.2. The second-order valence-electron chi connectivity index (χ2n) is 4.56. The first-order valence-corrected chi connectivity index (χ1v) is 6.19. The fourth-order valence-corrected chi connectivity index (χ4v) is 2.17. The van der Waals surface area contributed by atoms with Gasteiger partial charge in [0.15, 0.2) is 0 Å². The fourth-order valence-electron chi connectivity index (χ4n) is 2.17. The summed E-state index contributed by atoms with van der Waals surface area (Å²) < 4.78 is 0. The van der Waals surface area contributed by atoms with Crippen LogP contribution in [-0.2, 0) is 14.4 Å². The zero-order valence-electron chi connectivity index (χ0n) is 10.7. The summed E-state index contributed by atoms with van der Waals surface area (Å²) in [5, 5.41) is 11.5. The van der Waals surface area contributed by atoms with Gasteiger partial charge in [-0.25, -0.2) is 0 Å². The monoisotopic (exact) mass is 277 g/mol. The summed E-state index contributed by atoms with van der Waals surface area (Å²) in [6.45, 7) is 0.343. The van der Waals surface area contributed by atoms with Gasteiger partial charge in [-0.2, -0.15) is 0 Å². The highest BCUT2D eigenvalue weighted by molar-refractivity contribution is 6.40. The van der Waals surface area contributed by atoms with Crippen molar-refractivity contribution < 1.29 is 19.5 Å². The average molecular weight is 277 g/mol. The highest BCUT2D eigenvalue weighted by Gasteiger charge is 2.35. The third kappa shape index (κ3) is 2.87. The van der Waals surface area contributed by atoms with Gasteiger partial charge in [-0.1, -0.05) is 0 Å². The van der Waals surface area contributed by atoms with E-state index in [9.17, 15) is 14.4 Å². The fraction of sp³-hybridized carbons (Fsp3) is 0.308. The topological polar surface area (TPSA) is 113 Å². The molecular formula is C13H15N3O4. The van der Waals surface area contributed by atoms with Gasteiger partial charge in [-0.15, -0.1) is 0 Å². The molecule has 2 rings (SSSR count). The van der Waals surface area contributed by atoms with E-state index in [1.54, 1.807) is 0 Å². The Kier molecular flexibility index (Phi) is 3.88. The van der Waals surface area contributed by atoms with Crippen molar-refractivity contribution in [3.8, 4) is 5.75 Å². The summed E-state index contributed by atoms with van der Waals surface area (Å²) in [7, 11) is 0. The van der Waals surface area contributed by atoms with Gasteiger partial charge in [0.2, 0.25) is 5.91 Å². The number of nitrogens with one attached hydrogen (secondary N) is 1. The molecule has 1 aromatic rings. The molecule has 0 aliphatic carbocycles. The maximum absolute atomic E-state index is 12.0. The standard InChI is InChI=1S/C13H15N3O4/c14-11(18)10-2-1-7-16(10)13(20)12(19)15-8-3-5-9(17)6-4-8/h3-6,10,17H,1-2,7H2,(H2,14,18)(H,15,19)/t10-/m1/s1. The summed E-state index contributed by atoms with van der Waals surface area (Å²) in [5.74, 6) is -2.15. The van der Waals surface area contributed by atoms with E-state index >= 15 is 0 Å². The lowest BCUT2D eigenvalue weighted by molar-refractivity contribution is -0.145. The number of nitrogens with two attached hydrogens (primary N) is 1. The number of amides is 3. The van der Waals surface area contributed by atoms with Crippen LogP contribution in [0.4, 0.5) is 5.69 Å². The molecule has 3 amide bonds. The first-order chi connectivity index (χ1) is 9.49. The van der Waals surface area contributed by atoms with Crippen LogP contribution in [0.2, 0.25) is 0 Å². The molecule has 7 heteroatoms. The van der Waals surface area contributed by atoms with E-state index in [4.69, 9.17) is 10.8 Å². The SMILES string of the molecule is NC(=O)[C@H]1CCCN1C(=O)C(=O)Nc1ccc(O)cc1. The van der Waals surface area contributed by atoms with Crippen LogP contribution in [-0.4, -0.2) is 40.3 Å². The first kappa shape index (κ1) is 13.9. The highest BCUT2D eigenvalue weighted by atomic mass is 16.3. The second kappa shape index (κ2) is 5.60. The number of primary amides is 1. The van der Waals surface area contributed by atoms with Crippen LogP contribution in [0.5, 0.6) is 5.75 Å². The van der Waals surface area contributed by atoms with Crippen LogP contribution >= 0.6 is 0 Å². The van der Waals surface area contributed by atoms with Crippen molar-refractivity contribution in [3.63, 3.8) is 0 Å². The van der Waals surface area contributed by atoms with Gasteiger partial charge < -0.3 is 21.1 Å². The minimum absolute atomic E-state index is 0.0580. The van der Waals surface area contributed by atoms with Gasteiger partial charge in [0.1, 0.15) is 11.8 Å². The summed E-state index contributed by atoms with van der Waals surface area (Å²) in [6, 6.07) is 5.00. The number of anilines is 1. The Bertz CT molecular complexity index is 541. The number of hydrogen-bond acceptors (Lipinski definition) is 4. The number of carbonyl (C=O) groups is 3. The first-order valence-electron chi connectivity index (χ1n) is 6.19. The van der Waals surface area contributed by atoms with E-state index < -0.39 is 23.8 Å². The molecular weight excluding hydrogens is 262 g/mol. The van der Waals surface area contributed by atoms with Crippen molar-refractivity contribution in [2.24, 2.45) is 5.73 Å². The number of likely N-dealkylation sites (tertiary alicyclic amines) is 1. The second-order valence-corrected chi connectivity index (χ2v) is 4.56. The summed E-state index contributed by atoms with van der Waals surface area (Å²) in [5.41, 5.74) is 5.59. The van der Waals surface area contributed by atoms with Crippen LogP contribution in [0.3, 0.4) is 0 Å². The predicted octanol–water partition coefficient (Wildman–Crippen LogP) is -0.193. The summed E-state index contributed by atoms with van der Waals surface area (Å²) >= 11 is 0. The van der Waals surface area contributed by atoms with Gasteiger partial charge >= 0.3 is 11.8 Å². The van der Waals surface area contributed by atoms with E-state index in [2.05, 4.69) is 5.32 Å². The molecule has 0 bridgehead atoms. The van der Waals surface area contributed by atoms with Gasteiger partial charge in [-0.3, -0.25) is 14.4 Å². The quantitative estimate of drug-likeness (QED) is 0.513. The summed E-state index contributed by atoms with van der Waals surface area (Å²) in [6.07, 6.45) is 1.12. The zero-order valence-corrected chi connectivity index (χ0v) is 10.7. The van der Waals surface area contributed by atoms with Gasteiger partial charge in [-0.05, 0) is 37.1 Å². The number of nitrogens with zero attached hydrogens (tertiary/aromatic N) is 1. The molecule has 1 atom stereocenters. The highest BCUT2D eigenvalue weighted by Crippen LogP contribution is 2.18. The Balaban J connectivity index is 2.03. The molecule has 0 radical (unpaired) electrons. The Hall–Kier alpha value is -2.57. The molecule has 1 aliphatic rings. The van der Waals surface area contributed by atoms with Gasteiger partial charge in [0, 0.05) is 12.2 Å². The van der Waals surface area contributed by atoms with E-state index in [0.717, 1.165) is 0 Å². The Morgan fingerprint density at radius 3 is 2.50 bits per heavy atom. The normalized spacial score (nSPS) is 17.8. The average Bonchev–Trinajstić information content (AvgIpc) is 2.90. The molecule has 4 N–H and O–H groups in total. The number of benzene rings is 1.